The van der Waals surface area contributed by atoms with E-state index >= 15 is 0 Å². The third-order valence-corrected chi connectivity index (χ3v) is 3.74. The number of nitrogens with one attached hydrogen (secondary N) is 1. The lowest BCUT2D eigenvalue weighted by Crippen LogP contribution is -2.26. The summed E-state index contributed by atoms with van der Waals surface area (Å²) in [7, 11) is 1.89. The Morgan fingerprint density at radius 3 is 2.67 bits per heavy atom. The van der Waals surface area contributed by atoms with Gasteiger partial charge in [-0.3, -0.25) is 9.48 Å². The molecule has 1 aromatic rings. The Labute approximate surface area is 117 Å². The van der Waals surface area contributed by atoms with Gasteiger partial charge in [0.05, 0.1) is 15.9 Å². The van der Waals surface area contributed by atoms with Crippen molar-refractivity contribution in [2.75, 3.05) is 6.54 Å². The number of aromatic nitrogens is 2. The second kappa shape index (κ2) is 7.04. The number of carbonyl (C=O) groups is 1. The molecule has 0 saturated carbocycles. The summed E-state index contributed by atoms with van der Waals surface area (Å²) in [6.45, 7) is 6.96. The van der Waals surface area contributed by atoms with Gasteiger partial charge in [0.2, 0.25) is 0 Å². The number of hydrogen-bond acceptors (Lipinski definition) is 3. The first-order valence-electron chi connectivity index (χ1n) is 6.41. The van der Waals surface area contributed by atoms with Crippen LogP contribution < -0.4 is 5.32 Å². The molecule has 0 fully saturated rings. The molecule has 0 aliphatic rings. The topological polar surface area (TPSA) is 46.9 Å². The minimum Gasteiger partial charge on any atom is -0.314 e. The Morgan fingerprint density at radius 1 is 1.50 bits per heavy atom. The van der Waals surface area contributed by atoms with Crippen molar-refractivity contribution in [3.8, 4) is 0 Å². The van der Waals surface area contributed by atoms with Crippen molar-refractivity contribution in [1.29, 1.82) is 0 Å². The molecule has 18 heavy (non-hydrogen) atoms. The molecule has 0 amide bonds. The lowest BCUT2D eigenvalue weighted by molar-refractivity contribution is -0.118. The number of carbonyl (C=O) groups excluding carboxylic acids is 1. The first-order chi connectivity index (χ1) is 8.45. The van der Waals surface area contributed by atoms with Gasteiger partial charge in [-0.1, -0.05) is 20.8 Å². The molecule has 1 N–H and O–H groups in total. The predicted molar refractivity (Wildman–Crippen MR) is 76.8 cm³/mol. The van der Waals surface area contributed by atoms with Gasteiger partial charge in [0.25, 0.3) is 0 Å². The van der Waals surface area contributed by atoms with Crippen molar-refractivity contribution < 1.29 is 4.79 Å². The summed E-state index contributed by atoms with van der Waals surface area (Å²) >= 11 is 3.53. The normalized spacial score (nSPS) is 11.2. The molecule has 1 heterocycles. The van der Waals surface area contributed by atoms with Gasteiger partial charge in [-0.25, -0.2) is 0 Å². The van der Waals surface area contributed by atoms with E-state index in [1.807, 2.05) is 7.05 Å². The Bertz CT molecular complexity index is 413. The van der Waals surface area contributed by atoms with E-state index in [0.29, 0.717) is 18.9 Å². The van der Waals surface area contributed by atoms with Gasteiger partial charge >= 0.3 is 0 Å². The molecular formula is C13H22BrN3O. The van der Waals surface area contributed by atoms with Crippen LogP contribution in [0.5, 0.6) is 0 Å². The third kappa shape index (κ3) is 4.21. The molecule has 1 rings (SSSR count). The maximum atomic E-state index is 11.9. The first kappa shape index (κ1) is 15.4. The van der Waals surface area contributed by atoms with E-state index < -0.39 is 0 Å². The van der Waals surface area contributed by atoms with Crippen molar-refractivity contribution in [2.45, 2.75) is 46.1 Å². The summed E-state index contributed by atoms with van der Waals surface area (Å²) < 4.78 is 2.79. The van der Waals surface area contributed by atoms with Gasteiger partial charge in [0, 0.05) is 32.5 Å². The molecule has 0 aliphatic carbocycles. The zero-order chi connectivity index (χ0) is 13.7. The van der Waals surface area contributed by atoms with E-state index in [1.165, 1.54) is 0 Å². The molecule has 5 heteroatoms. The summed E-state index contributed by atoms with van der Waals surface area (Å²) in [5.74, 6) is 0.245. The van der Waals surface area contributed by atoms with Crippen LogP contribution in [0.25, 0.3) is 0 Å². The summed E-state index contributed by atoms with van der Waals surface area (Å²) in [4.78, 5) is 11.9. The highest BCUT2D eigenvalue weighted by molar-refractivity contribution is 9.10. The summed E-state index contributed by atoms with van der Waals surface area (Å²) in [5.41, 5.74) is 1.99. The number of ketones is 1. The predicted octanol–water partition coefficient (Wildman–Crippen LogP) is 2.24. The highest BCUT2D eigenvalue weighted by atomic mass is 79.9. The monoisotopic (exact) mass is 315 g/mol. The Balaban J connectivity index is 2.56. The van der Waals surface area contributed by atoms with Crippen LogP contribution >= 0.6 is 15.9 Å². The smallest absolute Gasteiger partial charge is 0.140 e. The van der Waals surface area contributed by atoms with Crippen molar-refractivity contribution in [2.24, 2.45) is 7.05 Å². The van der Waals surface area contributed by atoms with Crippen LogP contribution in [0, 0.1) is 0 Å². The van der Waals surface area contributed by atoms with E-state index in [2.05, 4.69) is 47.1 Å². The summed E-state index contributed by atoms with van der Waals surface area (Å²) in [5, 5.41) is 7.64. The SMILES string of the molecule is CCc1nn(C)c(CC(=O)CCNC(C)C)c1Br. The molecule has 0 aromatic carbocycles. The molecule has 4 nitrogen and oxygen atoms in total. The fourth-order valence-electron chi connectivity index (χ4n) is 1.79. The Morgan fingerprint density at radius 2 is 2.17 bits per heavy atom. The van der Waals surface area contributed by atoms with Crippen LogP contribution in [-0.4, -0.2) is 28.2 Å². The molecule has 102 valence electrons. The maximum absolute atomic E-state index is 11.9. The van der Waals surface area contributed by atoms with Gasteiger partial charge in [-0.05, 0) is 22.4 Å². The second-order valence-corrected chi connectivity index (χ2v) is 5.55. The number of nitrogens with zero attached hydrogens (tertiary/aromatic N) is 2. The van der Waals surface area contributed by atoms with Crippen LogP contribution in [0.3, 0.4) is 0 Å². The molecule has 0 radical (unpaired) electrons. The number of hydrogen-bond donors (Lipinski definition) is 1. The van der Waals surface area contributed by atoms with Gasteiger partial charge in [0.1, 0.15) is 5.78 Å². The van der Waals surface area contributed by atoms with Gasteiger partial charge in [-0.15, -0.1) is 0 Å². The number of aryl methyl sites for hydroxylation is 2. The minimum atomic E-state index is 0.245. The quantitative estimate of drug-likeness (QED) is 0.839. The molecule has 0 saturated heterocycles. The largest absolute Gasteiger partial charge is 0.314 e. The average Bonchev–Trinajstić information content (AvgIpc) is 2.56. The molecule has 0 unspecified atom stereocenters. The van der Waals surface area contributed by atoms with E-state index in [0.717, 1.165) is 28.8 Å². The molecule has 0 atom stereocenters. The third-order valence-electron chi connectivity index (χ3n) is 2.82. The van der Waals surface area contributed by atoms with Crippen LogP contribution in [0.1, 0.15) is 38.6 Å². The van der Waals surface area contributed by atoms with Crippen LogP contribution in [0.4, 0.5) is 0 Å². The van der Waals surface area contributed by atoms with Crippen LogP contribution in [0.2, 0.25) is 0 Å². The molecule has 1 aromatic heterocycles. The lowest BCUT2D eigenvalue weighted by Gasteiger charge is -2.07. The highest BCUT2D eigenvalue weighted by Gasteiger charge is 2.15. The van der Waals surface area contributed by atoms with Crippen molar-refractivity contribution >= 4 is 21.7 Å². The van der Waals surface area contributed by atoms with E-state index in [9.17, 15) is 4.79 Å². The van der Waals surface area contributed by atoms with Crippen molar-refractivity contribution in [1.82, 2.24) is 15.1 Å². The van der Waals surface area contributed by atoms with Gasteiger partial charge in [0.15, 0.2) is 0 Å². The van der Waals surface area contributed by atoms with E-state index in [-0.39, 0.29) is 5.78 Å². The lowest BCUT2D eigenvalue weighted by atomic mass is 10.1. The van der Waals surface area contributed by atoms with Crippen LogP contribution in [-0.2, 0) is 24.7 Å². The fraction of sp³-hybridized carbons (Fsp3) is 0.692. The van der Waals surface area contributed by atoms with Crippen molar-refractivity contribution in [3.63, 3.8) is 0 Å². The van der Waals surface area contributed by atoms with E-state index in [4.69, 9.17) is 0 Å². The fourth-order valence-corrected chi connectivity index (χ4v) is 2.54. The van der Waals surface area contributed by atoms with Crippen LogP contribution in [0.15, 0.2) is 4.47 Å². The standard InChI is InChI=1S/C13H22BrN3O/c1-5-11-13(14)12(17(4)16-11)8-10(18)6-7-15-9(2)3/h9,15H,5-8H2,1-4H3. The number of Topliss-reactive ketones (excluding diaryl/α,β-unsaturated/α-hetero) is 1. The summed E-state index contributed by atoms with van der Waals surface area (Å²) in [6, 6.07) is 0.424. The van der Waals surface area contributed by atoms with Gasteiger partial charge in [-0.2, -0.15) is 5.10 Å². The zero-order valence-electron chi connectivity index (χ0n) is 11.6. The highest BCUT2D eigenvalue weighted by Crippen LogP contribution is 2.22. The molecular weight excluding hydrogens is 294 g/mol. The maximum Gasteiger partial charge on any atom is 0.140 e. The number of halogens is 1. The molecule has 0 aliphatic heterocycles. The summed E-state index contributed by atoms with van der Waals surface area (Å²) in [6.07, 6.45) is 1.89. The van der Waals surface area contributed by atoms with Gasteiger partial charge < -0.3 is 5.32 Å². The van der Waals surface area contributed by atoms with E-state index in [1.54, 1.807) is 4.68 Å². The molecule has 0 spiro atoms. The Kier molecular flexibility index (Phi) is 6.02. The second-order valence-electron chi connectivity index (χ2n) is 4.76. The van der Waals surface area contributed by atoms with Crippen molar-refractivity contribution in [3.05, 3.63) is 15.9 Å². The minimum absolute atomic E-state index is 0.245. The molecule has 0 bridgehead atoms. The number of rotatable bonds is 7. The first-order valence-corrected chi connectivity index (χ1v) is 7.20. The Hall–Kier alpha value is -0.680. The average molecular weight is 316 g/mol. The zero-order valence-corrected chi connectivity index (χ0v) is 13.2.